The van der Waals surface area contributed by atoms with E-state index < -0.39 is 15.8 Å². The summed E-state index contributed by atoms with van der Waals surface area (Å²) in [6.45, 7) is 4.50. The van der Waals surface area contributed by atoms with Gasteiger partial charge in [0.2, 0.25) is 15.9 Å². The summed E-state index contributed by atoms with van der Waals surface area (Å²) in [6, 6.07) is 10.8. The fraction of sp³-hybridized carbons (Fsp3) is 0.364. The molecular formula is C22H27FN4O4S. The molecule has 32 heavy (non-hydrogen) atoms. The second-order valence-corrected chi connectivity index (χ2v) is 9.34. The van der Waals surface area contributed by atoms with Crippen molar-refractivity contribution in [2.75, 3.05) is 44.2 Å². The number of halogens is 1. The van der Waals surface area contributed by atoms with Gasteiger partial charge in [0.25, 0.3) is 0 Å². The molecule has 1 fully saturated rings. The summed E-state index contributed by atoms with van der Waals surface area (Å²) in [4.78, 5) is 27.6. The third kappa shape index (κ3) is 6.35. The van der Waals surface area contributed by atoms with E-state index in [1.165, 1.54) is 25.1 Å². The van der Waals surface area contributed by atoms with Gasteiger partial charge in [0.15, 0.2) is 5.78 Å². The molecule has 0 aromatic heterocycles. The number of piperazine rings is 1. The molecule has 0 saturated carbocycles. The molecule has 3 rings (SSSR count). The van der Waals surface area contributed by atoms with Crippen molar-refractivity contribution in [3.8, 4) is 0 Å². The van der Waals surface area contributed by atoms with E-state index in [4.69, 9.17) is 5.14 Å². The summed E-state index contributed by atoms with van der Waals surface area (Å²) in [7, 11) is -3.71. The van der Waals surface area contributed by atoms with Gasteiger partial charge in [0.05, 0.1) is 17.1 Å². The standard InChI is InChI=1S/C22H27FN4O4S/c1-16(28)18-4-7-21(20(23)14-18)27-12-10-26(11-13-27)15-22(29)25-9-8-17-2-5-19(6-3-17)32(24,30)31/h2-7,14H,8-13,15H2,1H3,(H,25,29)(H2,24,30,31). The van der Waals surface area contributed by atoms with Crippen molar-refractivity contribution in [3.05, 3.63) is 59.4 Å². The second-order valence-electron chi connectivity index (χ2n) is 7.77. The number of carbonyl (C=O) groups is 2. The van der Waals surface area contributed by atoms with Gasteiger partial charge in [-0.25, -0.2) is 17.9 Å². The first kappa shape index (κ1) is 23.8. The number of anilines is 1. The zero-order valence-electron chi connectivity index (χ0n) is 17.9. The lowest BCUT2D eigenvalue weighted by molar-refractivity contribution is -0.122. The number of primary sulfonamides is 1. The van der Waals surface area contributed by atoms with Crippen LogP contribution in [0.5, 0.6) is 0 Å². The average Bonchev–Trinajstić information content (AvgIpc) is 2.74. The van der Waals surface area contributed by atoms with Crippen LogP contribution in [0.2, 0.25) is 0 Å². The number of rotatable bonds is 8. The molecule has 172 valence electrons. The number of nitrogens with two attached hydrogens (primary N) is 1. The van der Waals surface area contributed by atoms with Crippen LogP contribution in [0, 0.1) is 5.82 Å². The van der Waals surface area contributed by atoms with Crippen molar-refractivity contribution in [1.29, 1.82) is 0 Å². The van der Waals surface area contributed by atoms with Crippen LogP contribution in [-0.4, -0.2) is 64.3 Å². The smallest absolute Gasteiger partial charge is 0.238 e. The molecule has 0 atom stereocenters. The molecule has 2 aromatic carbocycles. The van der Waals surface area contributed by atoms with Crippen LogP contribution in [0.25, 0.3) is 0 Å². The molecule has 1 saturated heterocycles. The van der Waals surface area contributed by atoms with E-state index in [9.17, 15) is 22.4 Å². The van der Waals surface area contributed by atoms with E-state index >= 15 is 0 Å². The van der Waals surface area contributed by atoms with E-state index in [0.29, 0.717) is 50.4 Å². The Kier molecular flexibility index (Phi) is 7.60. The highest BCUT2D eigenvalue weighted by Crippen LogP contribution is 2.22. The summed E-state index contributed by atoms with van der Waals surface area (Å²) >= 11 is 0. The Morgan fingerprint density at radius 2 is 1.72 bits per heavy atom. The first-order chi connectivity index (χ1) is 15.1. The Morgan fingerprint density at radius 1 is 1.06 bits per heavy atom. The topological polar surface area (TPSA) is 113 Å². The van der Waals surface area contributed by atoms with Gasteiger partial charge in [-0.3, -0.25) is 14.5 Å². The number of benzene rings is 2. The molecule has 0 radical (unpaired) electrons. The van der Waals surface area contributed by atoms with Crippen LogP contribution in [-0.2, 0) is 21.2 Å². The number of nitrogens with zero attached hydrogens (tertiary/aromatic N) is 2. The predicted octanol–water partition coefficient (Wildman–Crippen LogP) is 1.16. The Hall–Kier alpha value is -2.82. The molecule has 0 spiro atoms. The highest BCUT2D eigenvalue weighted by atomic mass is 32.2. The van der Waals surface area contributed by atoms with Gasteiger partial charge in [-0.15, -0.1) is 0 Å². The van der Waals surface area contributed by atoms with Crippen molar-refractivity contribution in [2.45, 2.75) is 18.2 Å². The maximum absolute atomic E-state index is 14.4. The highest BCUT2D eigenvalue weighted by Gasteiger charge is 2.21. The van der Waals surface area contributed by atoms with Crippen LogP contribution in [0.15, 0.2) is 47.4 Å². The Balaban J connectivity index is 1.41. The van der Waals surface area contributed by atoms with E-state index in [1.807, 2.05) is 9.80 Å². The predicted molar refractivity (Wildman–Crippen MR) is 120 cm³/mol. The van der Waals surface area contributed by atoms with Crippen LogP contribution in [0.3, 0.4) is 0 Å². The monoisotopic (exact) mass is 462 g/mol. The molecular weight excluding hydrogens is 435 g/mol. The van der Waals surface area contributed by atoms with Crippen LogP contribution >= 0.6 is 0 Å². The Labute approximate surface area is 187 Å². The van der Waals surface area contributed by atoms with Crippen LogP contribution in [0.1, 0.15) is 22.8 Å². The molecule has 8 nitrogen and oxygen atoms in total. The summed E-state index contributed by atoms with van der Waals surface area (Å²) in [5.41, 5.74) is 1.71. The lowest BCUT2D eigenvalue weighted by Crippen LogP contribution is -2.49. The Morgan fingerprint density at radius 3 is 2.28 bits per heavy atom. The number of Topliss-reactive ketones (excluding diaryl/α,β-unsaturated/α-hetero) is 1. The number of hydrogen-bond donors (Lipinski definition) is 2. The van der Waals surface area contributed by atoms with Gasteiger partial charge in [-0.2, -0.15) is 0 Å². The summed E-state index contributed by atoms with van der Waals surface area (Å²) in [5, 5.41) is 7.94. The van der Waals surface area contributed by atoms with Crippen LogP contribution in [0.4, 0.5) is 10.1 Å². The zero-order valence-corrected chi connectivity index (χ0v) is 18.7. The largest absolute Gasteiger partial charge is 0.367 e. The molecule has 0 bridgehead atoms. The number of sulfonamides is 1. The van der Waals surface area contributed by atoms with Gasteiger partial charge in [-0.05, 0) is 49.2 Å². The minimum Gasteiger partial charge on any atom is -0.367 e. The Bertz CT molecular complexity index is 1080. The molecule has 1 amide bonds. The zero-order chi connectivity index (χ0) is 23.3. The van der Waals surface area contributed by atoms with E-state index in [0.717, 1.165) is 5.56 Å². The van der Waals surface area contributed by atoms with Crippen molar-refractivity contribution >= 4 is 27.4 Å². The normalized spacial score (nSPS) is 14.9. The molecule has 0 unspecified atom stereocenters. The van der Waals surface area contributed by atoms with Gasteiger partial charge in [0, 0.05) is 38.3 Å². The maximum atomic E-state index is 14.4. The number of amides is 1. The molecule has 0 aliphatic carbocycles. The van der Waals surface area contributed by atoms with Gasteiger partial charge in [0.1, 0.15) is 5.82 Å². The minimum atomic E-state index is -3.71. The third-order valence-corrected chi connectivity index (χ3v) is 6.35. The van der Waals surface area contributed by atoms with Crippen molar-refractivity contribution in [1.82, 2.24) is 10.2 Å². The number of ketones is 1. The quantitative estimate of drug-likeness (QED) is 0.569. The number of nitrogens with one attached hydrogen (secondary N) is 1. The molecule has 1 aliphatic rings. The molecule has 1 aliphatic heterocycles. The maximum Gasteiger partial charge on any atom is 0.238 e. The second kappa shape index (κ2) is 10.2. The van der Waals surface area contributed by atoms with Gasteiger partial charge in [-0.1, -0.05) is 12.1 Å². The van der Waals surface area contributed by atoms with Crippen molar-refractivity contribution < 1.29 is 22.4 Å². The molecule has 10 heteroatoms. The van der Waals surface area contributed by atoms with Crippen molar-refractivity contribution in [3.63, 3.8) is 0 Å². The van der Waals surface area contributed by atoms with Crippen LogP contribution < -0.4 is 15.4 Å². The van der Waals surface area contributed by atoms with E-state index in [-0.39, 0.29) is 23.1 Å². The summed E-state index contributed by atoms with van der Waals surface area (Å²) in [6.07, 6.45) is 0.569. The average molecular weight is 463 g/mol. The van der Waals surface area contributed by atoms with Crippen molar-refractivity contribution in [2.24, 2.45) is 5.14 Å². The molecule has 1 heterocycles. The summed E-state index contributed by atoms with van der Waals surface area (Å²) < 4.78 is 36.9. The fourth-order valence-corrected chi connectivity index (χ4v) is 4.10. The highest BCUT2D eigenvalue weighted by molar-refractivity contribution is 7.89. The molecule has 2 aromatic rings. The lowest BCUT2D eigenvalue weighted by Gasteiger charge is -2.35. The van der Waals surface area contributed by atoms with E-state index in [1.54, 1.807) is 24.3 Å². The van der Waals surface area contributed by atoms with E-state index in [2.05, 4.69) is 5.32 Å². The number of carbonyl (C=O) groups excluding carboxylic acids is 2. The third-order valence-electron chi connectivity index (χ3n) is 5.42. The fourth-order valence-electron chi connectivity index (χ4n) is 3.58. The summed E-state index contributed by atoms with van der Waals surface area (Å²) in [5.74, 6) is -0.690. The first-order valence-corrected chi connectivity index (χ1v) is 11.8. The molecule has 3 N–H and O–H groups in total. The SMILES string of the molecule is CC(=O)c1ccc(N2CCN(CC(=O)NCCc3ccc(S(N)(=O)=O)cc3)CC2)c(F)c1. The van der Waals surface area contributed by atoms with Gasteiger partial charge < -0.3 is 10.2 Å². The van der Waals surface area contributed by atoms with Gasteiger partial charge >= 0.3 is 0 Å². The lowest BCUT2D eigenvalue weighted by atomic mass is 10.1. The number of hydrogen-bond acceptors (Lipinski definition) is 6. The minimum absolute atomic E-state index is 0.0547. The first-order valence-electron chi connectivity index (χ1n) is 10.3.